The number of amides is 2. The number of nitrogens with one attached hydrogen (secondary N) is 1. The molecule has 0 aromatic carbocycles. The van der Waals surface area contributed by atoms with Crippen molar-refractivity contribution in [3.8, 4) is 11.3 Å². The number of pyridine rings is 2. The molecule has 2 saturated heterocycles. The zero-order valence-corrected chi connectivity index (χ0v) is 20.1. The second-order valence-corrected chi connectivity index (χ2v) is 9.44. The fraction of sp³-hybridized carbons (Fsp3) is 0.440. The van der Waals surface area contributed by atoms with Gasteiger partial charge in [-0.05, 0) is 74.5 Å². The number of nitrogens with two attached hydrogens (primary N) is 1. The lowest BCUT2D eigenvalue weighted by atomic mass is 9.77. The molecule has 0 unspecified atom stereocenters. The van der Waals surface area contributed by atoms with Crippen LogP contribution in [0.15, 0.2) is 53.5 Å². The molecule has 9 nitrogen and oxygen atoms in total. The number of likely N-dealkylation sites (tertiary alicyclic amines) is 2. The van der Waals surface area contributed by atoms with Gasteiger partial charge >= 0.3 is 6.03 Å². The van der Waals surface area contributed by atoms with Crippen LogP contribution in [0.3, 0.4) is 0 Å². The second kappa shape index (κ2) is 10.2. The number of carbonyl (C=O) groups is 1. The van der Waals surface area contributed by atoms with E-state index in [0.717, 1.165) is 63.2 Å². The molecule has 0 radical (unpaired) electrons. The molecule has 0 saturated carbocycles. The Morgan fingerprint density at radius 1 is 1.29 bits per heavy atom. The maximum atomic E-state index is 13.1. The molecule has 1 spiro atoms. The summed E-state index contributed by atoms with van der Waals surface area (Å²) in [5.74, 6) is 0.392. The Hall–Kier alpha value is -3.46. The molecule has 2 fully saturated rings. The van der Waals surface area contributed by atoms with Crippen molar-refractivity contribution < 1.29 is 4.79 Å². The molecule has 2 aliphatic heterocycles. The minimum atomic E-state index is -0.138. The number of aromatic nitrogens is 2. The number of hydrazone groups is 1. The predicted octanol–water partition coefficient (Wildman–Crippen LogP) is 3.50. The van der Waals surface area contributed by atoms with E-state index in [-0.39, 0.29) is 11.4 Å². The summed E-state index contributed by atoms with van der Waals surface area (Å²) >= 11 is 0. The Labute approximate surface area is 201 Å². The number of rotatable bonds is 6. The number of hydrogen-bond donors (Lipinski definition) is 2. The van der Waals surface area contributed by atoms with Crippen LogP contribution in [0.1, 0.15) is 26.2 Å². The van der Waals surface area contributed by atoms with E-state index in [1.807, 2.05) is 36.3 Å². The first-order chi connectivity index (χ1) is 16.4. The van der Waals surface area contributed by atoms with Gasteiger partial charge in [0.05, 0.1) is 11.4 Å². The van der Waals surface area contributed by atoms with Crippen LogP contribution in [-0.2, 0) is 0 Å². The van der Waals surface area contributed by atoms with Crippen molar-refractivity contribution in [2.75, 3.05) is 50.8 Å². The van der Waals surface area contributed by atoms with Gasteiger partial charge in [-0.1, -0.05) is 0 Å². The van der Waals surface area contributed by atoms with Crippen LogP contribution in [0.25, 0.3) is 11.3 Å². The van der Waals surface area contributed by atoms with Gasteiger partial charge in [0.2, 0.25) is 0 Å². The van der Waals surface area contributed by atoms with Gasteiger partial charge in [-0.2, -0.15) is 5.10 Å². The van der Waals surface area contributed by atoms with Crippen LogP contribution in [0.5, 0.6) is 0 Å². The molecule has 4 rings (SSSR count). The number of nitrogens with zero attached hydrogens (tertiary/aromatic N) is 6. The number of hydrogen-bond acceptors (Lipinski definition) is 7. The smallest absolute Gasteiger partial charge is 0.323 e. The topological polar surface area (TPSA) is 103 Å². The summed E-state index contributed by atoms with van der Waals surface area (Å²) in [6.07, 6.45) is 8.69. The summed E-state index contributed by atoms with van der Waals surface area (Å²) in [5, 5.41) is 8.56. The van der Waals surface area contributed by atoms with E-state index in [0.29, 0.717) is 11.5 Å². The normalized spacial score (nSPS) is 18.2. The minimum absolute atomic E-state index is 0.138. The fourth-order valence-electron chi connectivity index (χ4n) is 4.88. The quantitative estimate of drug-likeness (QED) is 0.503. The van der Waals surface area contributed by atoms with E-state index in [1.54, 1.807) is 23.5 Å². The third kappa shape index (κ3) is 5.53. The third-order valence-electron chi connectivity index (χ3n) is 6.85. The second-order valence-electron chi connectivity index (χ2n) is 9.44. The highest BCUT2D eigenvalue weighted by Crippen LogP contribution is 2.40. The van der Waals surface area contributed by atoms with Crippen molar-refractivity contribution in [1.29, 1.82) is 0 Å². The predicted molar refractivity (Wildman–Crippen MR) is 136 cm³/mol. The molecule has 2 amide bonds. The van der Waals surface area contributed by atoms with Gasteiger partial charge in [0.15, 0.2) is 5.82 Å². The van der Waals surface area contributed by atoms with Gasteiger partial charge in [-0.15, -0.1) is 0 Å². The van der Waals surface area contributed by atoms with Crippen LogP contribution in [-0.4, -0.2) is 77.3 Å². The van der Waals surface area contributed by atoms with Crippen LogP contribution >= 0.6 is 0 Å². The van der Waals surface area contributed by atoms with E-state index in [9.17, 15) is 4.79 Å². The van der Waals surface area contributed by atoms with Crippen molar-refractivity contribution >= 4 is 24.3 Å². The number of piperidine rings is 1. The van der Waals surface area contributed by atoms with Crippen LogP contribution in [0.2, 0.25) is 0 Å². The highest BCUT2D eigenvalue weighted by Gasteiger charge is 2.42. The molecular weight excluding hydrogens is 428 g/mol. The Kier molecular flexibility index (Phi) is 7.12. The molecule has 180 valence electrons. The van der Waals surface area contributed by atoms with Gasteiger partial charge in [-0.25, -0.2) is 9.78 Å². The lowest BCUT2D eigenvalue weighted by Crippen LogP contribution is -2.43. The molecule has 2 aromatic rings. The van der Waals surface area contributed by atoms with Crippen LogP contribution in [0.4, 0.5) is 16.3 Å². The Bertz CT molecular complexity index is 1050. The summed E-state index contributed by atoms with van der Waals surface area (Å²) in [6.45, 7) is 10.2. The molecule has 0 aliphatic carbocycles. The van der Waals surface area contributed by atoms with Gasteiger partial charge in [0.25, 0.3) is 0 Å². The maximum absolute atomic E-state index is 13.1. The largest absolute Gasteiger partial charge is 0.396 e. The van der Waals surface area contributed by atoms with E-state index in [4.69, 9.17) is 5.73 Å². The first-order valence-electron chi connectivity index (χ1n) is 11.7. The molecule has 34 heavy (non-hydrogen) atoms. The molecular formula is C25H34N8O. The average Bonchev–Trinajstić information content (AvgIpc) is 3.26. The zero-order valence-electron chi connectivity index (χ0n) is 20.1. The van der Waals surface area contributed by atoms with Crippen molar-refractivity contribution in [1.82, 2.24) is 24.8 Å². The average molecular weight is 463 g/mol. The third-order valence-corrected chi connectivity index (χ3v) is 6.85. The molecule has 9 heteroatoms. The van der Waals surface area contributed by atoms with Gasteiger partial charge in [0, 0.05) is 57.6 Å². The monoisotopic (exact) mass is 462 g/mol. The number of nitrogen functional groups attached to an aromatic ring is 1. The lowest BCUT2D eigenvalue weighted by Gasteiger charge is -2.39. The van der Waals surface area contributed by atoms with Gasteiger partial charge < -0.3 is 10.6 Å². The van der Waals surface area contributed by atoms with Crippen LogP contribution in [0, 0.1) is 5.41 Å². The molecule has 0 atom stereocenters. The van der Waals surface area contributed by atoms with Crippen molar-refractivity contribution in [2.45, 2.75) is 26.2 Å². The van der Waals surface area contributed by atoms with E-state index in [2.05, 4.69) is 38.9 Å². The van der Waals surface area contributed by atoms with E-state index < -0.39 is 0 Å². The van der Waals surface area contributed by atoms with Gasteiger partial charge in [-0.3, -0.25) is 20.2 Å². The summed E-state index contributed by atoms with van der Waals surface area (Å²) in [6, 6.07) is 7.25. The number of anilines is 2. The zero-order chi connectivity index (χ0) is 24.1. The molecule has 3 N–H and O–H groups in total. The maximum Gasteiger partial charge on any atom is 0.323 e. The Morgan fingerprint density at radius 3 is 2.76 bits per heavy atom. The summed E-state index contributed by atoms with van der Waals surface area (Å²) < 4.78 is 0. The van der Waals surface area contributed by atoms with Crippen molar-refractivity contribution in [2.24, 2.45) is 10.5 Å². The summed E-state index contributed by atoms with van der Waals surface area (Å²) in [5.41, 5.74) is 9.62. The van der Waals surface area contributed by atoms with Crippen molar-refractivity contribution in [3.63, 3.8) is 0 Å². The van der Waals surface area contributed by atoms with E-state index >= 15 is 0 Å². The molecule has 4 heterocycles. The number of carbonyl (C=O) groups excluding carboxylic acids is 1. The van der Waals surface area contributed by atoms with Crippen molar-refractivity contribution in [3.05, 3.63) is 48.4 Å². The molecule has 0 bridgehead atoms. The highest BCUT2D eigenvalue weighted by atomic mass is 16.2. The minimum Gasteiger partial charge on any atom is -0.396 e. The molecule has 2 aliphatic rings. The first kappa shape index (κ1) is 23.7. The first-order valence-corrected chi connectivity index (χ1v) is 11.7. The van der Waals surface area contributed by atoms with Gasteiger partial charge in [0.1, 0.15) is 0 Å². The lowest BCUT2D eigenvalue weighted by molar-refractivity contribution is 0.117. The standard InChI is InChI=1S/C25H34N8O/c1-19(16-31(3)27-2)17-32-12-8-25(9-13-32)10-14-33(18-25)24(34)30-23-21(26)6-7-22(29-23)20-5-4-11-28-15-20/h4-7,11,15-16H,2,8-10,12-14,17-18,26H2,1,3H3,(H,29,30,34)/b19-16+. The summed E-state index contributed by atoms with van der Waals surface area (Å²) in [7, 11) is 1.89. The van der Waals surface area contributed by atoms with Crippen LogP contribution < -0.4 is 11.1 Å². The Balaban J connectivity index is 1.33. The number of urea groups is 1. The highest BCUT2D eigenvalue weighted by molar-refractivity contribution is 5.92. The SMILES string of the molecule is C=NN(C)/C=C(\C)CN1CCC2(CC1)CCN(C(=O)Nc1nc(-c3cccnc3)ccc1N)C2. The molecule has 2 aromatic heterocycles. The van der Waals surface area contributed by atoms with E-state index in [1.165, 1.54) is 5.57 Å². The summed E-state index contributed by atoms with van der Waals surface area (Å²) in [4.78, 5) is 26.1. The Morgan fingerprint density at radius 2 is 2.06 bits per heavy atom. The fourth-order valence-corrected chi connectivity index (χ4v) is 4.88.